The second kappa shape index (κ2) is 7.24. The molecule has 1 saturated heterocycles. The number of hydrogen-bond acceptors (Lipinski definition) is 6. The van der Waals surface area contributed by atoms with Crippen molar-refractivity contribution in [3.05, 3.63) is 53.7 Å². The topological polar surface area (TPSA) is 90.6 Å². The van der Waals surface area contributed by atoms with Crippen molar-refractivity contribution in [2.24, 2.45) is 0 Å². The Bertz CT molecular complexity index is 1080. The van der Waals surface area contributed by atoms with E-state index in [2.05, 4.69) is 9.97 Å². The van der Waals surface area contributed by atoms with Gasteiger partial charge >= 0.3 is 0 Å². The highest BCUT2D eigenvalue weighted by Gasteiger charge is 2.26. The van der Waals surface area contributed by atoms with Gasteiger partial charge in [-0.05, 0) is 36.6 Å². The van der Waals surface area contributed by atoms with Crippen LogP contribution >= 0.6 is 0 Å². The SMILES string of the molecule is Nc1nc(C2CCN(C(=O)Cc3ccc4c(c3)OCO4)CC2)c2ccccc2n1. The van der Waals surface area contributed by atoms with Crippen LogP contribution in [0.1, 0.15) is 30.0 Å². The summed E-state index contributed by atoms with van der Waals surface area (Å²) < 4.78 is 10.7. The standard InChI is InChI=1S/C22H22N4O3/c23-22-24-17-4-2-1-3-16(17)21(25-22)15-7-9-26(10-8-15)20(27)12-14-5-6-18-19(11-14)29-13-28-18/h1-6,11,15H,7-10,12-13H2,(H2,23,24,25). The lowest BCUT2D eigenvalue weighted by molar-refractivity contribution is -0.131. The molecule has 29 heavy (non-hydrogen) atoms. The zero-order valence-electron chi connectivity index (χ0n) is 16.0. The summed E-state index contributed by atoms with van der Waals surface area (Å²) in [6.45, 7) is 1.67. The molecule has 7 heteroatoms. The summed E-state index contributed by atoms with van der Waals surface area (Å²) in [4.78, 5) is 23.6. The molecule has 0 spiro atoms. The smallest absolute Gasteiger partial charge is 0.231 e. The first kappa shape index (κ1) is 17.7. The highest BCUT2D eigenvalue weighted by Crippen LogP contribution is 2.34. The van der Waals surface area contributed by atoms with Gasteiger partial charge in [-0.3, -0.25) is 4.79 Å². The molecule has 5 rings (SSSR count). The van der Waals surface area contributed by atoms with Crippen molar-refractivity contribution in [1.82, 2.24) is 14.9 Å². The molecule has 0 bridgehead atoms. The first-order valence-corrected chi connectivity index (χ1v) is 9.86. The van der Waals surface area contributed by atoms with Gasteiger partial charge in [-0.1, -0.05) is 24.3 Å². The van der Waals surface area contributed by atoms with Crippen LogP contribution in [0, 0.1) is 0 Å². The van der Waals surface area contributed by atoms with E-state index in [0.29, 0.717) is 31.2 Å². The van der Waals surface area contributed by atoms with Gasteiger partial charge in [-0.15, -0.1) is 0 Å². The number of amides is 1. The molecule has 0 radical (unpaired) electrons. The van der Waals surface area contributed by atoms with Crippen LogP contribution in [-0.2, 0) is 11.2 Å². The number of nitrogens with zero attached hydrogens (tertiary/aromatic N) is 3. The molecule has 1 fully saturated rings. The molecule has 0 saturated carbocycles. The maximum Gasteiger partial charge on any atom is 0.231 e. The van der Waals surface area contributed by atoms with Crippen molar-refractivity contribution in [3.63, 3.8) is 0 Å². The van der Waals surface area contributed by atoms with Crippen LogP contribution in [0.2, 0.25) is 0 Å². The molecule has 3 aromatic rings. The van der Waals surface area contributed by atoms with Gasteiger partial charge in [0.25, 0.3) is 0 Å². The fraction of sp³-hybridized carbons (Fsp3) is 0.318. The number of piperidine rings is 1. The van der Waals surface area contributed by atoms with Gasteiger partial charge in [0.2, 0.25) is 18.6 Å². The quantitative estimate of drug-likeness (QED) is 0.740. The molecule has 3 heterocycles. The van der Waals surface area contributed by atoms with Crippen molar-refractivity contribution >= 4 is 22.8 Å². The largest absolute Gasteiger partial charge is 0.454 e. The lowest BCUT2D eigenvalue weighted by Gasteiger charge is -2.32. The number of ether oxygens (including phenoxy) is 2. The predicted molar refractivity (Wildman–Crippen MR) is 109 cm³/mol. The van der Waals surface area contributed by atoms with E-state index in [9.17, 15) is 4.79 Å². The van der Waals surface area contributed by atoms with Crippen LogP contribution in [0.25, 0.3) is 10.9 Å². The van der Waals surface area contributed by atoms with Crippen LogP contribution in [0.5, 0.6) is 11.5 Å². The van der Waals surface area contributed by atoms with E-state index in [4.69, 9.17) is 15.2 Å². The zero-order valence-corrected chi connectivity index (χ0v) is 16.0. The third-order valence-electron chi connectivity index (χ3n) is 5.68. The van der Waals surface area contributed by atoms with Gasteiger partial charge in [0.05, 0.1) is 17.6 Å². The molecule has 2 aromatic carbocycles. The molecule has 2 aliphatic rings. The van der Waals surface area contributed by atoms with E-state index in [-0.39, 0.29) is 18.6 Å². The number of hydrogen-bond donors (Lipinski definition) is 1. The van der Waals surface area contributed by atoms with E-state index in [1.54, 1.807) is 0 Å². The first-order valence-electron chi connectivity index (χ1n) is 9.86. The Morgan fingerprint density at radius 1 is 1.07 bits per heavy atom. The summed E-state index contributed by atoms with van der Waals surface area (Å²) in [7, 11) is 0. The Morgan fingerprint density at radius 3 is 2.72 bits per heavy atom. The highest BCUT2D eigenvalue weighted by atomic mass is 16.7. The number of benzene rings is 2. The number of nitrogen functional groups attached to an aromatic ring is 1. The summed E-state index contributed by atoms with van der Waals surface area (Å²) in [6, 6.07) is 13.6. The molecule has 7 nitrogen and oxygen atoms in total. The Kier molecular flexibility index (Phi) is 4.42. The highest BCUT2D eigenvalue weighted by molar-refractivity contribution is 5.82. The average Bonchev–Trinajstić information content (AvgIpc) is 3.21. The number of nitrogens with two attached hydrogens (primary N) is 1. The zero-order chi connectivity index (χ0) is 19.8. The van der Waals surface area contributed by atoms with E-state index in [0.717, 1.165) is 40.8 Å². The fourth-order valence-electron chi connectivity index (χ4n) is 4.17. The molecule has 1 aromatic heterocycles. The molecular formula is C22H22N4O3. The van der Waals surface area contributed by atoms with Gasteiger partial charge in [0.1, 0.15) is 0 Å². The van der Waals surface area contributed by atoms with Crippen molar-refractivity contribution in [2.75, 3.05) is 25.6 Å². The number of anilines is 1. The van der Waals surface area contributed by atoms with Crippen molar-refractivity contribution < 1.29 is 14.3 Å². The Hall–Kier alpha value is -3.35. The van der Waals surface area contributed by atoms with Crippen molar-refractivity contribution in [3.8, 4) is 11.5 Å². The van der Waals surface area contributed by atoms with Gasteiger partial charge in [-0.25, -0.2) is 9.97 Å². The molecule has 0 aliphatic carbocycles. The summed E-state index contributed by atoms with van der Waals surface area (Å²) >= 11 is 0. The number of para-hydroxylation sites is 1. The van der Waals surface area contributed by atoms with Crippen molar-refractivity contribution in [2.45, 2.75) is 25.2 Å². The number of carbonyl (C=O) groups excluding carboxylic acids is 1. The normalized spacial score (nSPS) is 16.3. The average molecular weight is 390 g/mol. The fourth-order valence-corrected chi connectivity index (χ4v) is 4.17. The minimum Gasteiger partial charge on any atom is -0.454 e. The third kappa shape index (κ3) is 3.44. The second-order valence-corrected chi connectivity index (χ2v) is 7.50. The van der Waals surface area contributed by atoms with E-state index in [1.807, 2.05) is 47.4 Å². The van der Waals surface area contributed by atoms with Crippen LogP contribution in [0.4, 0.5) is 5.95 Å². The van der Waals surface area contributed by atoms with Crippen molar-refractivity contribution in [1.29, 1.82) is 0 Å². The third-order valence-corrected chi connectivity index (χ3v) is 5.68. The minimum atomic E-state index is 0.134. The molecule has 2 N–H and O–H groups in total. The Labute approximate surface area is 168 Å². The van der Waals surface area contributed by atoms with E-state index >= 15 is 0 Å². The summed E-state index contributed by atoms with van der Waals surface area (Å²) in [5.74, 6) is 2.16. The first-order chi connectivity index (χ1) is 14.2. The van der Waals surface area contributed by atoms with Gasteiger partial charge in [0.15, 0.2) is 11.5 Å². The number of rotatable bonds is 3. The summed E-state index contributed by atoms with van der Waals surface area (Å²) in [5, 5.41) is 1.05. The Balaban J connectivity index is 1.26. The maximum absolute atomic E-state index is 12.8. The van der Waals surface area contributed by atoms with Gasteiger partial charge in [0, 0.05) is 24.4 Å². The summed E-state index contributed by atoms with van der Waals surface area (Å²) in [6.07, 6.45) is 2.10. The number of aromatic nitrogens is 2. The Morgan fingerprint density at radius 2 is 1.86 bits per heavy atom. The number of likely N-dealkylation sites (tertiary alicyclic amines) is 1. The summed E-state index contributed by atoms with van der Waals surface area (Å²) in [5.41, 5.74) is 8.73. The predicted octanol–water partition coefficient (Wildman–Crippen LogP) is 2.89. The monoisotopic (exact) mass is 390 g/mol. The van der Waals surface area contributed by atoms with Gasteiger partial charge < -0.3 is 20.1 Å². The molecule has 1 amide bonds. The number of fused-ring (bicyclic) bond motifs is 2. The number of carbonyl (C=O) groups is 1. The molecule has 2 aliphatic heterocycles. The van der Waals surface area contributed by atoms with E-state index in [1.165, 1.54) is 0 Å². The van der Waals surface area contributed by atoms with E-state index < -0.39 is 0 Å². The van der Waals surface area contributed by atoms with Crippen LogP contribution in [-0.4, -0.2) is 40.7 Å². The van der Waals surface area contributed by atoms with Crippen LogP contribution in [0.15, 0.2) is 42.5 Å². The molecule has 0 unspecified atom stereocenters. The molecule has 148 valence electrons. The molecule has 0 atom stereocenters. The maximum atomic E-state index is 12.8. The minimum absolute atomic E-state index is 0.134. The lowest BCUT2D eigenvalue weighted by atomic mass is 9.90. The van der Waals surface area contributed by atoms with Crippen LogP contribution < -0.4 is 15.2 Å². The van der Waals surface area contributed by atoms with Gasteiger partial charge in [-0.2, -0.15) is 0 Å². The lowest BCUT2D eigenvalue weighted by Crippen LogP contribution is -2.39. The molecular weight excluding hydrogens is 368 g/mol. The second-order valence-electron chi connectivity index (χ2n) is 7.50. The van der Waals surface area contributed by atoms with Crippen LogP contribution in [0.3, 0.4) is 0 Å².